The fourth-order valence-electron chi connectivity index (χ4n) is 15.6. The van der Waals surface area contributed by atoms with Crippen LogP contribution in [-0.2, 0) is 186 Å². The quantitative estimate of drug-likeness (QED) is 0.0509. The highest BCUT2D eigenvalue weighted by atomic mass is 16.8. The number of alkyl carbamates (subject to hydrolysis) is 1. The molecule has 15 atom stereocenters. The van der Waals surface area contributed by atoms with E-state index >= 15 is 0 Å². The predicted octanol–water partition coefficient (Wildman–Crippen LogP) is -0.676. The number of carbonyl (C=O) groups is 4. The van der Waals surface area contributed by atoms with Crippen LogP contribution in [0.25, 0.3) is 0 Å². The molecule has 696 valence electrons. The van der Waals surface area contributed by atoms with Crippen molar-refractivity contribution in [3.05, 3.63) is 35.7 Å². The molecule has 0 spiro atoms. The average Bonchev–Trinajstić information content (AvgIpc) is 1.58. The summed E-state index contributed by atoms with van der Waals surface area (Å²) in [6.07, 6.45) is -0.480. The van der Waals surface area contributed by atoms with Crippen molar-refractivity contribution in [3.63, 3.8) is 0 Å². The summed E-state index contributed by atoms with van der Waals surface area (Å²) in [4.78, 5) is 49.7. The molecule has 0 radical (unpaired) electrons. The molecule has 6 bridgehead atoms. The first-order valence-corrected chi connectivity index (χ1v) is 42.1. The number of carbonyl (C=O) groups excluding carboxylic acids is 4. The van der Waals surface area contributed by atoms with Gasteiger partial charge in [0.2, 0.25) is 17.7 Å². The van der Waals surface area contributed by atoms with Gasteiger partial charge in [0.25, 0.3) is 0 Å². The minimum atomic E-state index is -1.36. The number of ether oxygens (including phenoxy) is 28. The van der Waals surface area contributed by atoms with Crippen LogP contribution in [0.15, 0.2) is 18.6 Å². The smallest absolute Gasteiger partial charge is 0.408 e. The van der Waals surface area contributed by atoms with Crippen LogP contribution in [0.5, 0.6) is 0 Å². The maximum absolute atomic E-state index is 13.8. The second kappa shape index (κ2) is 44.8. The number of nitrogens with one attached hydrogen (secondary N) is 4. The van der Waals surface area contributed by atoms with E-state index < -0.39 is 125 Å². The Morgan fingerprint density at radius 1 is 0.374 bits per heavy atom. The minimum absolute atomic E-state index is 0.00132. The lowest BCUT2D eigenvalue weighted by Crippen LogP contribution is -2.65. The van der Waals surface area contributed by atoms with Crippen LogP contribution >= 0.6 is 0 Å². The van der Waals surface area contributed by atoms with Crippen molar-refractivity contribution in [1.29, 1.82) is 0 Å². The third-order valence-corrected chi connectivity index (χ3v) is 20.7. The molecule has 3 aromatic rings. The van der Waals surface area contributed by atoms with Crippen LogP contribution in [0, 0.1) is 0 Å². The van der Waals surface area contributed by atoms with Crippen molar-refractivity contribution in [2.45, 2.75) is 241 Å². The first kappa shape index (κ1) is 96.1. The Balaban J connectivity index is 0.538. The standard InChI is InChI=1S/C78H127N13O32/c1-52(92)79-58-61-64(117-72(7,8)114-61)76(49-111-67(58)120-76)46-105-34-31-102-28-25-99-22-19-96-16-13-89-37-55(83-86-89)40-108-43-75(82-70(95)123-71(4,5)6,44-109-41-56-38-90(87-84-56)14-17-97-20-23-100-26-29-103-32-35-106-47-77-50-112-68(121-77)59(80-53(2)93)62-65(77)118-73(9,10)115-62)45-110-42-57-39-91(88-85-57)15-18-98-21-24-101-27-30-104-33-36-107-48-78-51-113-69(122-78)60(81-54(3)94)63-66(78)119-74(11,12)116-63/h37-39,58-69H,13-36,40-51H2,1-12H3,(H,79,92)(H,80,93)(H,81,94)(H,82,95)/t58-,59-,60-,61-,62-,63?,64-,65-,66-,67+,68+,69+,76+,77+,78+/m1/s1. The molecule has 12 heterocycles. The van der Waals surface area contributed by atoms with E-state index in [9.17, 15) is 19.2 Å². The van der Waals surface area contributed by atoms with Gasteiger partial charge < -0.3 is 154 Å². The van der Waals surface area contributed by atoms with Gasteiger partial charge in [-0.1, -0.05) is 15.6 Å². The van der Waals surface area contributed by atoms with E-state index in [1.165, 1.54) is 20.8 Å². The molecule has 9 aliphatic heterocycles. The number of hydrogen-bond donors (Lipinski definition) is 4. The van der Waals surface area contributed by atoms with E-state index in [1.807, 2.05) is 41.5 Å². The molecule has 0 saturated carbocycles. The fourth-order valence-corrected chi connectivity index (χ4v) is 15.6. The predicted molar refractivity (Wildman–Crippen MR) is 416 cm³/mol. The topological polar surface area (TPSA) is 467 Å². The van der Waals surface area contributed by atoms with Crippen molar-refractivity contribution in [2.24, 2.45) is 0 Å². The number of aromatic nitrogens is 9. The molecular formula is C78H127N13O32. The summed E-state index contributed by atoms with van der Waals surface area (Å²) >= 11 is 0. The highest BCUT2D eigenvalue weighted by Crippen LogP contribution is 2.50. The molecule has 0 aromatic carbocycles. The van der Waals surface area contributed by atoms with Crippen LogP contribution in [-0.4, -0.2) is 386 Å². The Bertz CT molecular complexity index is 3400. The summed E-state index contributed by atoms with van der Waals surface area (Å²) in [5, 5.41) is 37.5. The van der Waals surface area contributed by atoms with E-state index in [1.54, 1.807) is 53.4 Å². The van der Waals surface area contributed by atoms with Crippen molar-refractivity contribution in [1.82, 2.24) is 66.2 Å². The minimum Gasteiger partial charge on any atom is -0.444 e. The van der Waals surface area contributed by atoms with E-state index in [4.69, 9.17) is 133 Å². The summed E-state index contributed by atoms with van der Waals surface area (Å²) in [7, 11) is 0. The van der Waals surface area contributed by atoms with Gasteiger partial charge in [-0.2, -0.15) is 0 Å². The monoisotopic (exact) mass is 1760 g/mol. The summed E-state index contributed by atoms with van der Waals surface area (Å²) < 4.78 is 174. The molecule has 45 heteroatoms. The van der Waals surface area contributed by atoms with Crippen molar-refractivity contribution in [2.75, 3.05) is 198 Å². The van der Waals surface area contributed by atoms with Crippen LogP contribution in [0.3, 0.4) is 0 Å². The summed E-state index contributed by atoms with van der Waals surface area (Å²) in [5.41, 5.74) is -3.36. The molecule has 0 aliphatic carbocycles. The third-order valence-electron chi connectivity index (χ3n) is 20.7. The van der Waals surface area contributed by atoms with Gasteiger partial charge in [-0.15, -0.1) is 15.3 Å². The Kier molecular flexibility index (Phi) is 35.0. The average molecular weight is 1760 g/mol. The first-order chi connectivity index (χ1) is 59.0. The molecule has 9 fully saturated rings. The maximum atomic E-state index is 13.8. The zero-order valence-corrected chi connectivity index (χ0v) is 72.7. The zero-order valence-electron chi connectivity index (χ0n) is 72.7. The number of rotatable bonds is 58. The van der Waals surface area contributed by atoms with Gasteiger partial charge in [0.1, 0.15) is 99.8 Å². The molecule has 12 rings (SSSR count). The molecule has 123 heavy (non-hydrogen) atoms. The van der Waals surface area contributed by atoms with Gasteiger partial charge in [0.05, 0.1) is 256 Å². The number of nitrogens with zero attached hydrogens (tertiary/aromatic N) is 9. The van der Waals surface area contributed by atoms with Gasteiger partial charge in [-0.3, -0.25) is 14.4 Å². The zero-order chi connectivity index (χ0) is 87.1. The lowest BCUT2D eigenvalue weighted by atomic mass is 9.88. The van der Waals surface area contributed by atoms with Gasteiger partial charge >= 0.3 is 6.09 Å². The van der Waals surface area contributed by atoms with Crippen LogP contribution in [0.2, 0.25) is 0 Å². The van der Waals surface area contributed by atoms with Gasteiger partial charge in [-0.25, -0.2) is 18.8 Å². The Morgan fingerprint density at radius 2 is 0.634 bits per heavy atom. The lowest BCUT2D eigenvalue weighted by Gasteiger charge is -2.42. The Morgan fingerprint density at radius 3 is 0.894 bits per heavy atom. The third kappa shape index (κ3) is 28.0. The van der Waals surface area contributed by atoms with Crippen molar-refractivity contribution < 1.29 is 152 Å². The van der Waals surface area contributed by atoms with Crippen molar-refractivity contribution in [3.8, 4) is 0 Å². The fraction of sp³-hybridized carbons (Fsp3) is 0.872. The van der Waals surface area contributed by atoms with E-state index in [-0.39, 0.29) is 97.0 Å². The Hall–Kier alpha value is -5.98. The molecule has 1 unspecified atom stereocenters. The SMILES string of the molecule is CC(=O)N[C@H]1[C@H]2OC[C@](COCCOCCOCCOCCn3cc(COCC(COCc4cn(CCOCCOCCOCCOC[C@@]56CO[C@@H](O5)[C@H](NC(C)=O)C5OC(C)(C)O[C@H]56)nn4)(COCc4cn(CCOCCOCCOCCOC[C@@]56CO[C@@H](O5)[C@H](NC(C)=O)[C@H]5OC(C)(C)O[C@H]56)nn4)NC(=O)OC(C)(C)C)nn3)(O2)[C@@H]2OC(C)(C)O[C@H]12. The van der Waals surface area contributed by atoms with Crippen LogP contribution < -0.4 is 21.3 Å². The van der Waals surface area contributed by atoms with E-state index in [0.717, 1.165) is 0 Å². The summed E-state index contributed by atoms with van der Waals surface area (Å²) in [5.74, 6) is -3.26. The number of amides is 4. The lowest BCUT2D eigenvalue weighted by molar-refractivity contribution is -0.214. The molecule has 4 amide bonds. The molecule has 3 aromatic heterocycles. The van der Waals surface area contributed by atoms with Crippen LogP contribution in [0.1, 0.15) is 100 Å². The van der Waals surface area contributed by atoms with Gasteiger partial charge in [0, 0.05) is 20.8 Å². The second-order valence-electron chi connectivity index (χ2n) is 33.8. The van der Waals surface area contributed by atoms with Gasteiger partial charge in [0.15, 0.2) is 36.2 Å². The molecule has 45 nitrogen and oxygen atoms in total. The molecular weight excluding hydrogens is 1630 g/mol. The molecule has 4 N–H and O–H groups in total. The Labute approximate surface area is 714 Å². The van der Waals surface area contributed by atoms with Crippen molar-refractivity contribution >= 4 is 23.8 Å². The summed E-state index contributed by atoms with van der Waals surface area (Å²) in [6.45, 7) is 29.6. The van der Waals surface area contributed by atoms with Gasteiger partial charge in [-0.05, 0) is 62.3 Å². The number of fused-ring (bicyclic) bond motifs is 12. The second-order valence-corrected chi connectivity index (χ2v) is 33.8. The highest BCUT2D eigenvalue weighted by molar-refractivity contribution is 5.74. The first-order valence-electron chi connectivity index (χ1n) is 42.1. The van der Waals surface area contributed by atoms with Crippen LogP contribution in [0.4, 0.5) is 4.79 Å². The normalized spacial score (nSPS) is 29.1. The van der Waals surface area contributed by atoms with E-state index in [0.29, 0.717) is 175 Å². The summed E-state index contributed by atoms with van der Waals surface area (Å²) in [6, 6.07) is -1.55. The highest BCUT2D eigenvalue weighted by Gasteiger charge is 2.69. The number of hydrogen-bond acceptors (Lipinski definition) is 38. The van der Waals surface area contributed by atoms with E-state index in [2.05, 4.69) is 52.2 Å². The largest absolute Gasteiger partial charge is 0.444 e. The molecule has 9 saturated heterocycles. The molecule has 9 aliphatic rings. The maximum Gasteiger partial charge on any atom is 0.408 e.